The fourth-order valence-corrected chi connectivity index (χ4v) is 4.35. The summed E-state index contributed by atoms with van der Waals surface area (Å²) in [4.78, 5) is 25.9. The van der Waals surface area contributed by atoms with E-state index in [1.165, 1.54) is 23.8 Å². The maximum absolute atomic E-state index is 13.1. The van der Waals surface area contributed by atoms with Crippen LogP contribution in [-0.4, -0.2) is 43.1 Å². The lowest BCUT2D eigenvalue weighted by atomic mass is 10.1. The van der Waals surface area contributed by atoms with Crippen LogP contribution in [0.15, 0.2) is 41.3 Å². The number of amides is 2. The maximum atomic E-state index is 13.1. The van der Waals surface area contributed by atoms with Crippen molar-refractivity contribution in [3.8, 4) is 23.0 Å². The molecule has 0 radical (unpaired) electrons. The molecule has 0 unspecified atom stereocenters. The first-order chi connectivity index (χ1) is 15.0. The average Bonchev–Trinajstić information content (AvgIpc) is 3.05. The fourth-order valence-electron chi connectivity index (χ4n) is 3.05. The number of ether oxygens (including phenoxy) is 4. The number of nitrogens with zero attached hydrogens (tertiary/aromatic N) is 1. The summed E-state index contributed by atoms with van der Waals surface area (Å²) in [6, 6.07) is 10.4. The van der Waals surface area contributed by atoms with Crippen LogP contribution in [0.3, 0.4) is 0 Å². The average molecular weight is 459 g/mol. The highest BCUT2D eigenvalue weighted by atomic mass is 32.2. The van der Waals surface area contributed by atoms with Crippen LogP contribution in [0.1, 0.15) is 5.56 Å². The third-order valence-corrected chi connectivity index (χ3v) is 5.74. The number of nitrogens with two attached hydrogens (primary N) is 1. The first-order valence-corrected chi connectivity index (χ1v) is 10.5. The number of carbonyl (C=O) groups excluding carboxylic acids is 2. The summed E-state index contributed by atoms with van der Waals surface area (Å²) in [6.07, 6.45) is 1.72. The molecule has 2 aromatic carbocycles. The quantitative estimate of drug-likeness (QED) is 0.521. The van der Waals surface area contributed by atoms with Crippen molar-refractivity contribution in [1.82, 2.24) is 0 Å². The van der Waals surface area contributed by atoms with Gasteiger partial charge in [0.1, 0.15) is 13.2 Å². The van der Waals surface area contributed by atoms with Crippen LogP contribution in [-0.2, 0) is 9.59 Å². The van der Waals surface area contributed by atoms with Crippen LogP contribution in [0.25, 0.3) is 6.08 Å². The molecule has 0 aliphatic carbocycles. The second-order valence-corrected chi connectivity index (χ2v) is 8.19. The Hall–Kier alpha value is -3.24. The summed E-state index contributed by atoms with van der Waals surface area (Å²) in [5, 5.41) is 0. The molecule has 4 rings (SSSR count). The number of thioether (sulfide) groups is 1. The van der Waals surface area contributed by atoms with E-state index in [2.05, 4.69) is 0 Å². The molecule has 8 nitrogen and oxygen atoms in total. The minimum atomic E-state index is -0.589. The van der Waals surface area contributed by atoms with Crippen LogP contribution in [0, 0.1) is 0 Å². The van der Waals surface area contributed by atoms with Gasteiger partial charge in [-0.2, -0.15) is 0 Å². The Morgan fingerprint density at radius 3 is 2.71 bits per heavy atom. The van der Waals surface area contributed by atoms with E-state index in [1.54, 1.807) is 42.5 Å². The van der Waals surface area contributed by atoms with Crippen molar-refractivity contribution >= 4 is 51.9 Å². The Morgan fingerprint density at radius 1 is 1.19 bits per heavy atom. The fraction of sp³-hybridized carbons (Fsp3) is 0.190. The van der Waals surface area contributed by atoms with E-state index in [9.17, 15) is 9.59 Å². The highest BCUT2D eigenvalue weighted by Crippen LogP contribution is 2.40. The molecule has 2 amide bonds. The second-order valence-electron chi connectivity index (χ2n) is 6.51. The zero-order valence-electron chi connectivity index (χ0n) is 16.5. The van der Waals surface area contributed by atoms with Gasteiger partial charge in [-0.15, -0.1) is 0 Å². The summed E-state index contributed by atoms with van der Waals surface area (Å²) in [5.41, 5.74) is 6.44. The molecule has 2 aromatic rings. The second kappa shape index (κ2) is 8.86. The molecule has 1 saturated heterocycles. The predicted octanol–water partition coefficient (Wildman–Crippen LogP) is 2.74. The molecule has 0 bridgehead atoms. The predicted molar refractivity (Wildman–Crippen MR) is 121 cm³/mol. The minimum Gasteiger partial charge on any atom is -0.493 e. The van der Waals surface area contributed by atoms with E-state index in [1.807, 2.05) is 0 Å². The van der Waals surface area contributed by atoms with Crippen molar-refractivity contribution in [3.05, 3.63) is 46.9 Å². The SMILES string of the molecule is COc1cc(/C=C2/SC(=S)N(c3ccc4c(c3)OCCO4)C2=O)ccc1OCC(N)=O. The Balaban J connectivity index is 1.58. The first kappa shape index (κ1) is 21.0. The highest BCUT2D eigenvalue weighted by molar-refractivity contribution is 8.27. The van der Waals surface area contributed by atoms with Gasteiger partial charge in [0, 0.05) is 6.07 Å². The lowest BCUT2D eigenvalue weighted by Crippen LogP contribution is -2.27. The molecular formula is C21H18N2O6S2. The lowest BCUT2D eigenvalue weighted by molar-refractivity contribution is -0.120. The topological polar surface area (TPSA) is 100 Å². The van der Waals surface area contributed by atoms with Gasteiger partial charge >= 0.3 is 0 Å². The van der Waals surface area contributed by atoms with Gasteiger partial charge in [0.25, 0.3) is 11.8 Å². The molecule has 2 N–H and O–H groups in total. The number of hydrogen-bond acceptors (Lipinski definition) is 8. The van der Waals surface area contributed by atoms with E-state index < -0.39 is 5.91 Å². The monoisotopic (exact) mass is 458 g/mol. The van der Waals surface area contributed by atoms with Gasteiger partial charge in [-0.05, 0) is 35.9 Å². The van der Waals surface area contributed by atoms with Crippen molar-refractivity contribution in [2.24, 2.45) is 5.73 Å². The van der Waals surface area contributed by atoms with Crippen LogP contribution in [0.5, 0.6) is 23.0 Å². The number of thiocarbonyl (C=S) groups is 1. The summed E-state index contributed by atoms with van der Waals surface area (Å²) in [6.45, 7) is 0.686. The number of primary amides is 1. The van der Waals surface area contributed by atoms with E-state index in [-0.39, 0.29) is 12.5 Å². The molecule has 10 heteroatoms. The van der Waals surface area contributed by atoms with Gasteiger partial charge in [0.15, 0.2) is 33.9 Å². The van der Waals surface area contributed by atoms with E-state index >= 15 is 0 Å². The molecule has 0 atom stereocenters. The molecule has 2 aliphatic heterocycles. The number of benzene rings is 2. The minimum absolute atomic E-state index is 0.236. The summed E-state index contributed by atoms with van der Waals surface area (Å²) in [5.74, 6) is 1.19. The third kappa shape index (κ3) is 4.44. The normalized spacial score (nSPS) is 16.5. The zero-order valence-corrected chi connectivity index (χ0v) is 18.1. The largest absolute Gasteiger partial charge is 0.493 e. The molecule has 1 fully saturated rings. The summed E-state index contributed by atoms with van der Waals surface area (Å²) in [7, 11) is 1.48. The van der Waals surface area contributed by atoms with Crippen molar-refractivity contribution in [2.75, 3.05) is 31.8 Å². The molecule has 0 saturated carbocycles. The van der Waals surface area contributed by atoms with Crippen molar-refractivity contribution < 1.29 is 28.5 Å². The molecule has 31 heavy (non-hydrogen) atoms. The molecular weight excluding hydrogens is 440 g/mol. The Kier molecular flexibility index (Phi) is 6.01. The summed E-state index contributed by atoms with van der Waals surface area (Å²) >= 11 is 6.65. The van der Waals surface area contributed by atoms with Crippen molar-refractivity contribution in [1.29, 1.82) is 0 Å². The maximum Gasteiger partial charge on any atom is 0.270 e. The smallest absolute Gasteiger partial charge is 0.270 e. The van der Waals surface area contributed by atoms with Crippen molar-refractivity contribution in [3.63, 3.8) is 0 Å². The standard InChI is InChI=1S/C21H18N2O6S2/c1-26-16-8-12(2-4-14(16)29-11-19(22)24)9-18-20(25)23(21(30)31-18)13-3-5-15-17(10-13)28-7-6-27-15/h2-5,8-10H,6-7,11H2,1H3,(H2,22,24)/b18-9+. The number of fused-ring (bicyclic) bond motifs is 1. The van der Waals surface area contributed by atoms with Crippen molar-refractivity contribution in [2.45, 2.75) is 0 Å². The van der Waals surface area contributed by atoms with Gasteiger partial charge in [-0.1, -0.05) is 30.0 Å². The number of rotatable bonds is 6. The third-order valence-electron chi connectivity index (χ3n) is 4.43. The van der Waals surface area contributed by atoms with Crippen LogP contribution in [0.4, 0.5) is 5.69 Å². The first-order valence-electron chi connectivity index (χ1n) is 9.23. The molecule has 2 aliphatic rings. The van der Waals surface area contributed by atoms with Gasteiger partial charge in [0.2, 0.25) is 0 Å². The molecule has 0 aromatic heterocycles. The van der Waals surface area contributed by atoms with Gasteiger partial charge in [0.05, 0.1) is 17.7 Å². The highest BCUT2D eigenvalue weighted by Gasteiger charge is 2.34. The summed E-state index contributed by atoms with van der Waals surface area (Å²) < 4.78 is 22.2. The number of anilines is 1. The van der Waals surface area contributed by atoms with Crippen LogP contribution >= 0.6 is 24.0 Å². The Morgan fingerprint density at radius 2 is 1.97 bits per heavy atom. The molecule has 0 spiro atoms. The van der Waals surface area contributed by atoms with Crippen LogP contribution < -0.4 is 29.6 Å². The Bertz CT molecular complexity index is 1100. The molecule has 160 valence electrons. The van der Waals surface area contributed by atoms with Gasteiger partial charge < -0.3 is 24.7 Å². The van der Waals surface area contributed by atoms with Crippen LogP contribution in [0.2, 0.25) is 0 Å². The number of carbonyl (C=O) groups is 2. The number of hydrogen-bond donors (Lipinski definition) is 1. The van der Waals surface area contributed by atoms with E-state index in [0.717, 1.165) is 0 Å². The van der Waals surface area contributed by atoms with E-state index in [0.29, 0.717) is 56.7 Å². The van der Waals surface area contributed by atoms with Gasteiger partial charge in [-0.3, -0.25) is 14.5 Å². The molecule has 2 heterocycles. The zero-order chi connectivity index (χ0) is 22.0. The van der Waals surface area contributed by atoms with Gasteiger partial charge in [-0.25, -0.2) is 0 Å². The van der Waals surface area contributed by atoms with E-state index in [4.69, 9.17) is 36.9 Å². The number of methoxy groups -OCH3 is 1. The Labute approximate surface area is 187 Å². The lowest BCUT2D eigenvalue weighted by Gasteiger charge is -2.21.